The van der Waals surface area contributed by atoms with Gasteiger partial charge in [0.15, 0.2) is 0 Å². The molecular weight excluding hydrogens is 328 g/mol. The molecule has 0 saturated carbocycles. The van der Waals surface area contributed by atoms with Crippen LogP contribution in [0, 0.1) is 5.92 Å². The van der Waals surface area contributed by atoms with Crippen LogP contribution in [0.1, 0.15) is 44.0 Å². The van der Waals surface area contributed by atoms with Gasteiger partial charge in [0.05, 0.1) is 6.61 Å². The molecule has 138 valence electrons. The number of nitrogens with one attached hydrogen (secondary N) is 2. The van der Waals surface area contributed by atoms with Crippen LogP contribution in [-0.4, -0.2) is 18.4 Å². The molecule has 2 rings (SSSR count). The predicted molar refractivity (Wildman–Crippen MR) is 105 cm³/mol. The number of amides is 2. The highest BCUT2D eigenvalue weighted by Gasteiger charge is 2.07. The molecule has 0 aliphatic rings. The van der Waals surface area contributed by atoms with Gasteiger partial charge < -0.3 is 15.4 Å². The zero-order valence-electron chi connectivity index (χ0n) is 15.5. The summed E-state index contributed by atoms with van der Waals surface area (Å²) in [5.74, 6) is 1.13. The topological polar surface area (TPSA) is 67.4 Å². The van der Waals surface area contributed by atoms with Crippen LogP contribution in [0.3, 0.4) is 0 Å². The smallest absolute Gasteiger partial charge is 0.255 e. The maximum atomic E-state index is 12.3. The van der Waals surface area contributed by atoms with Crippen LogP contribution in [0.4, 0.5) is 11.4 Å². The van der Waals surface area contributed by atoms with E-state index in [2.05, 4.69) is 24.5 Å². The summed E-state index contributed by atoms with van der Waals surface area (Å²) in [5, 5.41) is 5.61. The van der Waals surface area contributed by atoms with E-state index in [1.54, 1.807) is 55.5 Å². The first-order valence-corrected chi connectivity index (χ1v) is 8.92. The Hall–Kier alpha value is -2.82. The van der Waals surface area contributed by atoms with Crippen LogP contribution in [-0.2, 0) is 4.79 Å². The third kappa shape index (κ3) is 6.24. The summed E-state index contributed by atoms with van der Waals surface area (Å²) < 4.78 is 5.66. The maximum absolute atomic E-state index is 12.3. The minimum absolute atomic E-state index is 0.0440. The first-order chi connectivity index (χ1) is 12.5. The van der Waals surface area contributed by atoms with Gasteiger partial charge in [-0.3, -0.25) is 9.59 Å². The summed E-state index contributed by atoms with van der Waals surface area (Å²) in [5.41, 5.74) is 1.93. The molecule has 2 N–H and O–H groups in total. The van der Waals surface area contributed by atoms with Crippen molar-refractivity contribution in [2.75, 3.05) is 17.2 Å². The molecule has 0 bridgehead atoms. The molecule has 0 spiro atoms. The number of rotatable bonds is 8. The summed E-state index contributed by atoms with van der Waals surface area (Å²) in [4.78, 5) is 23.7. The van der Waals surface area contributed by atoms with Crippen molar-refractivity contribution in [1.29, 1.82) is 0 Å². The summed E-state index contributed by atoms with van der Waals surface area (Å²) in [6.07, 6.45) is 1.42. The Balaban J connectivity index is 1.89. The first-order valence-electron chi connectivity index (χ1n) is 8.92. The highest BCUT2D eigenvalue weighted by atomic mass is 16.5. The molecule has 0 saturated heterocycles. The lowest BCUT2D eigenvalue weighted by molar-refractivity contribution is -0.115. The lowest BCUT2D eigenvalue weighted by atomic mass is 10.1. The van der Waals surface area contributed by atoms with Crippen LogP contribution in [0.25, 0.3) is 0 Å². The second-order valence-electron chi connectivity index (χ2n) is 6.49. The number of ether oxygens (including phenoxy) is 1. The molecule has 2 aromatic rings. The lowest BCUT2D eigenvalue weighted by Gasteiger charge is -2.10. The Bertz CT molecular complexity index is 722. The lowest BCUT2D eigenvalue weighted by Crippen LogP contribution is -2.12. The zero-order valence-corrected chi connectivity index (χ0v) is 15.5. The van der Waals surface area contributed by atoms with Gasteiger partial charge in [-0.25, -0.2) is 0 Å². The molecule has 0 aliphatic carbocycles. The molecule has 0 fully saturated rings. The van der Waals surface area contributed by atoms with Gasteiger partial charge in [-0.05, 0) is 60.9 Å². The van der Waals surface area contributed by atoms with Crippen molar-refractivity contribution >= 4 is 23.2 Å². The Morgan fingerprint density at radius 2 is 1.50 bits per heavy atom. The van der Waals surface area contributed by atoms with Crippen molar-refractivity contribution < 1.29 is 14.3 Å². The van der Waals surface area contributed by atoms with Crippen molar-refractivity contribution in [2.24, 2.45) is 5.92 Å². The average molecular weight is 354 g/mol. The van der Waals surface area contributed by atoms with Crippen molar-refractivity contribution in [3.05, 3.63) is 54.1 Å². The van der Waals surface area contributed by atoms with Crippen molar-refractivity contribution in [3.8, 4) is 5.75 Å². The third-order valence-corrected chi connectivity index (χ3v) is 3.83. The van der Waals surface area contributed by atoms with Crippen molar-refractivity contribution in [1.82, 2.24) is 0 Å². The SMILES string of the molecule is CCC(=O)Nc1ccc(NC(=O)c2ccc(OCCC(C)C)cc2)cc1. The second-order valence-corrected chi connectivity index (χ2v) is 6.49. The number of anilines is 2. The molecule has 0 aliphatic heterocycles. The van der Waals surface area contributed by atoms with Gasteiger partial charge in [0, 0.05) is 23.4 Å². The maximum Gasteiger partial charge on any atom is 0.255 e. The molecule has 2 aromatic carbocycles. The standard InChI is InChI=1S/C21H26N2O3/c1-4-20(24)22-17-7-9-18(10-8-17)23-21(25)16-5-11-19(12-6-16)26-14-13-15(2)3/h5-12,15H,4,13-14H2,1-3H3,(H,22,24)(H,23,25). The monoisotopic (exact) mass is 354 g/mol. The average Bonchev–Trinajstić information content (AvgIpc) is 2.63. The molecule has 0 unspecified atom stereocenters. The van der Waals surface area contributed by atoms with E-state index in [1.807, 2.05) is 0 Å². The zero-order chi connectivity index (χ0) is 18.9. The number of hydrogen-bond donors (Lipinski definition) is 2. The van der Waals surface area contributed by atoms with Crippen LogP contribution >= 0.6 is 0 Å². The Morgan fingerprint density at radius 3 is 2.04 bits per heavy atom. The molecule has 5 nitrogen and oxygen atoms in total. The molecule has 2 amide bonds. The van der Waals surface area contributed by atoms with Crippen LogP contribution < -0.4 is 15.4 Å². The predicted octanol–water partition coefficient (Wildman–Crippen LogP) is 4.71. The minimum atomic E-state index is -0.191. The summed E-state index contributed by atoms with van der Waals surface area (Å²) >= 11 is 0. The molecule has 0 heterocycles. The number of carbonyl (C=O) groups is 2. The second kappa shape index (κ2) is 9.61. The Labute approximate surface area is 154 Å². The molecule has 0 aromatic heterocycles. The van der Waals surface area contributed by atoms with E-state index < -0.39 is 0 Å². The van der Waals surface area contributed by atoms with Crippen molar-refractivity contribution in [2.45, 2.75) is 33.6 Å². The van der Waals surface area contributed by atoms with E-state index in [-0.39, 0.29) is 11.8 Å². The third-order valence-electron chi connectivity index (χ3n) is 3.83. The summed E-state index contributed by atoms with van der Waals surface area (Å²) in [6, 6.07) is 14.1. The fraction of sp³-hybridized carbons (Fsp3) is 0.333. The molecule has 0 atom stereocenters. The van der Waals surface area contributed by atoms with Gasteiger partial charge in [-0.15, -0.1) is 0 Å². The van der Waals surface area contributed by atoms with E-state index in [1.165, 1.54) is 0 Å². The Kier molecular flexibility index (Phi) is 7.21. The van der Waals surface area contributed by atoms with E-state index in [4.69, 9.17) is 4.74 Å². The fourth-order valence-electron chi connectivity index (χ4n) is 2.20. The normalized spacial score (nSPS) is 10.5. The number of benzene rings is 2. The van der Waals surface area contributed by atoms with E-state index >= 15 is 0 Å². The van der Waals surface area contributed by atoms with Crippen molar-refractivity contribution in [3.63, 3.8) is 0 Å². The van der Waals surface area contributed by atoms with Gasteiger partial charge in [0.1, 0.15) is 5.75 Å². The molecule has 5 heteroatoms. The van der Waals surface area contributed by atoms with Gasteiger partial charge in [0.25, 0.3) is 5.91 Å². The van der Waals surface area contributed by atoms with Gasteiger partial charge in [-0.1, -0.05) is 20.8 Å². The number of carbonyl (C=O) groups excluding carboxylic acids is 2. The van der Waals surface area contributed by atoms with E-state index in [0.29, 0.717) is 35.9 Å². The summed E-state index contributed by atoms with van der Waals surface area (Å²) in [7, 11) is 0. The van der Waals surface area contributed by atoms with Gasteiger partial charge >= 0.3 is 0 Å². The van der Waals surface area contributed by atoms with Gasteiger partial charge in [0.2, 0.25) is 5.91 Å². The number of hydrogen-bond acceptors (Lipinski definition) is 3. The minimum Gasteiger partial charge on any atom is -0.494 e. The first kappa shape index (κ1) is 19.5. The van der Waals surface area contributed by atoms with Crippen LogP contribution in [0.5, 0.6) is 5.75 Å². The van der Waals surface area contributed by atoms with E-state index in [9.17, 15) is 9.59 Å². The van der Waals surface area contributed by atoms with E-state index in [0.717, 1.165) is 12.2 Å². The highest BCUT2D eigenvalue weighted by Crippen LogP contribution is 2.17. The van der Waals surface area contributed by atoms with Crippen LogP contribution in [0.2, 0.25) is 0 Å². The van der Waals surface area contributed by atoms with Gasteiger partial charge in [-0.2, -0.15) is 0 Å². The fourth-order valence-corrected chi connectivity index (χ4v) is 2.20. The molecule has 26 heavy (non-hydrogen) atoms. The molecular formula is C21H26N2O3. The van der Waals surface area contributed by atoms with Crippen LogP contribution in [0.15, 0.2) is 48.5 Å². The quantitative estimate of drug-likeness (QED) is 0.721. The highest BCUT2D eigenvalue weighted by molar-refractivity contribution is 6.04. The Morgan fingerprint density at radius 1 is 0.923 bits per heavy atom. The molecule has 0 radical (unpaired) electrons. The summed E-state index contributed by atoms with van der Waals surface area (Å²) in [6.45, 7) is 6.77. The largest absolute Gasteiger partial charge is 0.494 e.